The number of hydrogen-bond donors (Lipinski definition) is 0. The van der Waals surface area contributed by atoms with Crippen molar-refractivity contribution in [3.63, 3.8) is 0 Å². The highest BCUT2D eigenvalue weighted by molar-refractivity contribution is 7.90. The molecule has 0 aliphatic rings. The van der Waals surface area contributed by atoms with E-state index in [-0.39, 0.29) is 17.2 Å². The lowest BCUT2D eigenvalue weighted by atomic mass is 10.1. The molecule has 5 nitrogen and oxygen atoms in total. The van der Waals surface area contributed by atoms with Gasteiger partial charge in [-0.3, -0.25) is 4.79 Å². The van der Waals surface area contributed by atoms with E-state index in [1.807, 2.05) is 29.7 Å². The molecule has 0 unspecified atom stereocenters. The minimum Gasteiger partial charge on any atom is -0.322 e. The molecule has 118 valence electrons. The van der Waals surface area contributed by atoms with Crippen LogP contribution in [0.25, 0.3) is 11.0 Å². The maximum Gasteiger partial charge on any atom is 0.182 e. The van der Waals surface area contributed by atoms with Gasteiger partial charge >= 0.3 is 0 Å². The molecule has 0 atom stereocenters. The Bertz CT molecular complexity index is 986. The summed E-state index contributed by atoms with van der Waals surface area (Å²) in [5.41, 5.74) is 2.21. The average molecular weight is 328 g/mol. The van der Waals surface area contributed by atoms with Crippen LogP contribution >= 0.6 is 0 Å². The molecular weight excluding hydrogens is 312 g/mol. The van der Waals surface area contributed by atoms with Crippen LogP contribution in [0.5, 0.6) is 0 Å². The first kappa shape index (κ1) is 15.4. The molecule has 2 aromatic heterocycles. The second-order valence-electron chi connectivity index (χ2n) is 5.51. The Hall–Kier alpha value is -2.47. The smallest absolute Gasteiger partial charge is 0.182 e. The number of carbonyl (C=O) groups is 1. The predicted octanol–water partition coefficient (Wildman–Crippen LogP) is 2.63. The number of hydrogen-bond acceptors (Lipinski definition) is 4. The maximum absolute atomic E-state index is 12.5. The van der Waals surface area contributed by atoms with Gasteiger partial charge in [0.1, 0.15) is 5.65 Å². The summed E-state index contributed by atoms with van der Waals surface area (Å²) in [5, 5.41) is 0.991. The number of Topliss-reactive ketones (excluding diaryl/α,β-unsaturated/α-hetero) is 1. The molecule has 0 N–H and O–H groups in total. The van der Waals surface area contributed by atoms with Crippen molar-refractivity contribution in [1.29, 1.82) is 0 Å². The molecule has 0 fully saturated rings. The van der Waals surface area contributed by atoms with E-state index in [2.05, 4.69) is 4.98 Å². The molecule has 0 aliphatic heterocycles. The van der Waals surface area contributed by atoms with E-state index in [1.165, 1.54) is 12.1 Å². The summed E-state index contributed by atoms with van der Waals surface area (Å²) in [4.78, 5) is 17.0. The van der Waals surface area contributed by atoms with Gasteiger partial charge in [-0.2, -0.15) is 0 Å². The average Bonchev–Trinajstić information content (AvgIpc) is 2.82. The van der Waals surface area contributed by atoms with Gasteiger partial charge in [-0.1, -0.05) is 12.1 Å². The van der Waals surface area contributed by atoms with Crippen LogP contribution in [0.3, 0.4) is 0 Å². The van der Waals surface area contributed by atoms with Crippen LogP contribution in [0.4, 0.5) is 0 Å². The minimum absolute atomic E-state index is 0.0868. The second-order valence-corrected chi connectivity index (χ2v) is 7.52. The molecule has 3 aromatic rings. The van der Waals surface area contributed by atoms with Crippen LogP contribution in [0, 0.1) is 6.92 Å². The largest absolute Gasteiger partial charge is 0.322 e. The van der Waals surface area contributed by atoms with Gasteiger partial charge in [0.25, 0.3) is 0 Å². The molecule has 0 amide bonds. The fourth-order valence-corrected chi connectivity index (χ4v) is 3.17. The quantitative estimate of drug-likeness (QED) is 0.690. The van der Waals surface area contributed by atoms with E-state index >= 15 is 0 Å². The number of carbonyl (C=O) groups excluding carboxylic acids is 1. The minimum atomic E-state index is -3.26. The van der Waals surface area contributed by atoms with Crippen molar-refractivity contribution in [2.45, 2.75) is 18.4 Å². The molecule has 0 saturated heterocycles. The number of rotatable bonds is 4. The van der Waals surface area contributed by atoms with Crippen LogP contribution in [-0.2, 0) is 16.4 Å². The van der Waals surface area contributed by atoms with E-state index < -0.39 is 9.84 Å². The molecule has 2 heterocycles. The molecule has 1 aromatic carbocycles. The Balaban J connectivity index is 1.90. The van der Waals surface area contributed by atoms with Gasteiger partial charge in [-0.05, 0) is 37.3 Å². The fraction of sp³-hybridized carbons (Fsp3) is 0.176. The Kier molecular flexibility index (Phi) is 3.77. The third-order valence-electron chi connectivity index (χ3n) is 3.77. The Morgan fingerprint density at radius 1 is 1.17 bits per heavy atom. The van der Waals surface area contributed by atoms with E-state index in [0.29, 0.717) is 5.56 Å². The molecule has 0 aliphatic carbocycles. The molecule has 3 rings (SSSR count). The zero-order chi connectivity index (χ0) is 16.6. The highest BCUT2D eigenvalue weighted by Gasteiger charge is 2.13. The first-order valence-corrected chi connectivity index (χ1v) is 8.99. The van der Waals surface area contributed by atoms with Crippen molar-refractivity contribution in [3.8, 4) is 0 Å². The second kappa shape index (κ2) is 5.62. The van der Waals surface area contributed by atoms with Crippen molar-refractivity contribution in [1.82, 2.24) is 9.55 Å². The molecule has 0 radical (unpaired) electrons. The topological polar surface area (TPSA) is 69.0 Å². The van der Waals surface area contributed by atoms with E-state index in [1.54, 1.807) is 18.3 Å². The van der Waals surface area contributed by atoms with Gasteiger partial charge in [0.05, 0.1) is 11.4 Å². The molecule has 6 heteroatoms. The number of aryl methyl sites for hydroxylation is 1. The van der Waals surface area contributed by atoms with Crippen molar-refractivity contribution >= 4 is 26.7 Å². The summed E-state index contributed by atoms with van der Waals surface area (Å²) in [6, 6.07) is 11.8. The maximum atomic E-state index is 12.5. The van der Waals surface area contributed by atoms with Crippen LogP contribution in [0.15, 0.2) is 53.6 Å². The van der Waals surface area contributed by atoms with E-state index in [0.717, 1.165) is 23.0 Å². The van der Waals surface area contributed by atoms with Crippen molar-refractivity contribution < 1.29 is 13.2 Å². The van der Waals surface area contributed by atoms with Crippen molar-refractivity contribution in [3.05, 3.63) is 59.9 Å². The van der Waals surface area contributed by atoms with Crippen LogP contribution in [-0.4, -0.2) is 30.0 Å². The van der Waals surface area contributed by atoms with Crippen LogP contribution < -0.4 is 0 Å². The standard InChI is InChI=1S/C17H16N2O3S/c1-12-10-14-4-3-9-18-17(14)19(12)11-16(20)13-5-7-15(8-6-13)23(2,21)22/h3-10H,11H2,1-2H3. The SMILES string of the molecule is Cc1cc2cccnc2n1CC(=O)c1ccc(S(C)(=O)=O)cc1. The Morgan fingerprint density at radius 2 is 1.87 bits per heavy atom. The predicted molar refractivity (Wildman–Crippen MR) is 88.4 cm³/mol. The van der Waals surface area contributed by atoms with Gasteiger partial charge in [0.15, 0.2) is 15.6 Å². The summed E-state index contributed by atoms with van der Waals surface area (Å²) in [6.07, 6.45) is 2.84. The zero-order valence-electron chi connectivity index (χ0n) is 12.9. The number of benzene rings is 1. The van der Waals surface area contributed by atoms with Crippen molar-refractivity contribution in [2.24, 2.45) is 0 Å². The molecule has 23 heavy (non-hydrogen) atoms. The summed E-state index contributed by atoms with van der Waals surface area (Å²) in [6.45, 7) is 2.10. The lowest BCUT2D eigenvalue weighted by Gasteiger charge is -2.07. The summed E-state index contributed by atoms with van der Waals surface area (Å²) in [7, 11) is -3.26. The third-order valence-corrected chi connectivity index (χ3v) is 4.90. The van der Waals surface area contributed by atoms with E-state index in [9.17, 15) is 13.2 Å². The number of sulfone groups is 1. The van der Waals surface area contributed by atoms with Crippen LogP contribution in [0.2, 0.25) is 0 Å². The summed E-state index contributed by atoms with van der Waals surface area (Å²) < 4.78 is 24.8. The fourth-order valence-electron chi connectivity index (χ4n) is 2.54. The normalized spacial score (nSPS) is 11.7. The monoisotopic (exact) mass is 328 g/mol. The molecular formula is C17H16N2O3S. The van der Waals surface area contributed by atoms with Gasteiger partial charge in [-0.15, -0.1) is 0 Å². The lowest BCUT2D eigenvalue weighted by Crippen LogP contribution is -2.12. The van der Waals surface area contributed by atoms with E-state index in [4.69, 9.17) is 0 Å². The number of pyridine rings is 1. The zero-order valence-corrected chi connectivity index (χ0v) is 13.7. The first-order chi connectivity index (χ1) is 10.9. The number of aromatic nitrogens is 2. The highest BCUT2D eigenvalue weighted by Crippen LogP contribution is 2.18. The summed E-state index contributed by atoms with van der Waals surface area (Å²) in [5.74, 6) is -0.0868. The van der Waals surface area contributed by atoms with Gasteiger partial charge in [0.2, 0.25) is 0 Å². The number of ketones is 1. The molecule has 0 bridgehead atoms. The van der Waals surface area contributed by atoms with Crippen LogP contribution in [0.1, 0.15) is 16.1 Å². The van der Waals surface area contributed by atoms with Gasteiger partial charge < -0.3 is 4.57 Å². The Labute approximate surface area is 134 Å². The first-order valence-electron chi connectivity index (χ1n) is 7.10. The Morgan fingerprint density at radius 3 is 2.52 bits per heavy atom. The number of fused-ring (bicyclic) bond motifs is 1. The number of nitrogens with zero attached hydrogens (tertiary/aromatic N) is 2. The summed E-state index contributed by atoms with van der Waals surface area (Å²) >= 11 is 0. The molecule has 0 spiro atoms. The third kappa shape index (κ3) is 3.03. The van der Waals surface area contributed by atoms with Gasteiger partial charge in [0, 0.05) is 29.1 Å². The van der Waals surface area contributed by atoms with Crippen molar-refractivity contribution in [2.75, 3.05) is 6.26 Å². The molecule has 0 saturated carbocycles. The van der Waals surface area contributed by atoms with Gasteiger partial charge in [-0.25, -0.2) is 13.4 Å². The highest BCUT2D eigenvalue weighted by atomic mass is 32.2. The lowest BCUT2D eigenvalue weighted by molar-refractivity contribution is 0.0972.